The average molecular weight is 390 g/mol. The van der Waals surface area contributed by atoms with Gasteiger partial charge in [0.05, 0.1) is 0 Å². The number of hydrogen-bond donors (Lipinski definition) is 0. The molecule has 158 valence electrons. The number of allylic oxidation sites excluding steroid dienone is 7. The van der Waals surface area contributed by atoms with Gasteiger partial charge >= 0.3 is 0 Å². The van der Waals surface area contributed by atoms with Crippen molar-refractivity contribution in [3.05, 3.63) is 45.6 Å². The van der Waals surface area contributed by atoms with E-state index in [1.165, 1.54) is 121 Å². The Morgan fingerprint density at radius 1 is 0.724 bits per heavy atom. The third-order valence-electron chi connectivity index (χ3n) is 8.68. The summed E-state index contributed by atoms with van der Waals surface area (Å²) in [4.78, 5) is 0. The summed E-state index contributed by atoms with van der Waals surface area (Å²) < 4.78 is 0. The first-order valence-electron chi connectivity index (χ1n) is 12.9. The summed E-state index contributed by atoms with van der Waals surface area (Å²) in [6.45, 7) is 6.78. The van der Waals surface area contributed by atoms with Crippen LogP contribution in [0.5, 0.6) is 0 Å². The molecular formula is C28H43B. The normalized spacial score (nSPS) is 30.4. The van der Waals surface area contributed by atoms with E-state index in [0.717, 1.165) is 0 Å². The highest BCUT2D eigenvalue weighted by Gasteiger charge is 2.31. The average Bonchev–Trinajstić information content (AvgIpc) is 3.20. The molecule has 0 unspecified atom stereocenters. The monoisotopic (exact) mass is 390 g/mol. The van der Waals surface area contributed by atoms with E-state index in [-0.39, 0.29) is 0 Å². The van der Waals surface area contributed by atoms with E-state index in [4.69, 9.17) is 0 Å². The molecule has 0 nitrogen and oxygen atoms in total. The fourth-order valence-electron chi connectivity index (χ4n) is 6.92. The van der Waals surface area contributed by atoms with E-state index >= 15 is 0 Å². The van der Waals surface area contributed by atoms with Gasteiger partial charge in [0.25, 0.3) is 0 Å². The standard InChI is InChI=1S/C28H43B/c1-21-16-26(17-21)24-13-12-23(18-24)22-10-9-11-25(19-22)27(20-29)28(2)14-7-5-3-4-6-8-15-28/h1,3-20,29H2,2H3/b23-22+,27-25-. The molecule has 29 heavy (non-hydrogen) atoms. The van der Waals surface area contributed by atoms with E-state index in [2.05, 4.69) is 21.3 Å². The van der Waals surface area contributed by atoms with Crippen molar-refractivity contribution in [2.24, 2.45) is 5.41 Å². The number of rotatable bonds is 2. The van der Waals surface area contributed by atoms with Crippen LogP contribution in [-0.4, -0.2) is 7.85 Å². The summed E-state index contributed by atoms with van der Waals surface area (Å²) >= 11 is 0. The van der Waals surface area contributed by atoms with Gasteiger partial charge in [-0.15, -0.1) is 0 Å². The van der Waals surface area contributed by atoms with Crippen molar-refractivity contribution in [1.82, 2.24) is 0 Å². The van der Waals surface area contributed by atoms with Gasteiger partial charge in [-0.25, -0.2) is 0 Å². The molecule has 4 saturated carbocycles. The molecule has 0 aromatic heterocycles. The zero-order chi connectivity index (χ0) is 20.3. The highest BCUT2D eigenvalue weighted by Crippen LogP contribution is 2.48. The summed E-state index contributed by atoms with van der Waals surface area (Å²) in [6.07, 6.45) is 24.8. The van der Waals surface area contributed by atoms with Gasteiger partial charge in [0.1, 0.15) is 7.85 Å². The predicted octanol–water partition coefficient (Wildman–Crippen LogP) is 8.18. The molecule has 4 aliphatic carbocycles. The highest BCUT2D eigenvalue weighted by atomic mass is 14.4. The largest absolute Gasteiger partial charge is 0.106 e. The Kier molecular flexibility index (Phi) is 6.92. The van der Waals surface area contributed by atoms with Crippen molar-refractivity contribution in [2.75, 3.05) is 0 Å². The molecule has 4 fully saturated rings. The third kappa shape index (κ3) is 4.86. The Morgan fingerprint density at radius 3 is 1.93 bits per heavy atom. The summed E-state index contributed by atoms with van der Waals surface area (Å²) in [5.41, 5.74) is 12.9. The fraction of sp³-hybridized carbons (Fsp3) is 0.714. The minimum Gasteiger partial charge on any atom is -0.0992 e. The molecule has 0 aliphatic heterocycles. The Morgan fingerprint density at radius 2 is 1.31 bits per heavy atom. The molecule has 0 N–H and O–H groups in total. The zero-order valence-electron chi connectivity index (χ0n) is 19.4. The first-order valence-corrected chi connectivity index (χ1v) is 12.9. The van der Waals surface area contributed by atoms with E-state index in [1.807, 2.05) is 22.3 Å². The van der Waals surface area contributed by atoms with Gasteiger partial charge in [0.15, 0.2) is 0 Å². The molecule has 0 amide bonds. The second-order valence-electron chi connectivity index (χ2n) is 10.8. The van der Waals surface area contributed by atoms with Crippen molar-refractivity contribution in [2.45, 2.75) is 122 Å². The molecular weight excluding hydrogens is 347 g/mol. The molecule has 1 heteroatoms. The van der Waals surface area contributed by atoms with Gasteiger partial charge in [-0.2, -0.15) is 0 Å². The van der Waals surface area contributed by atoms with E-state index < -0.39 is 0 Å². The van der Waals surface area contributed by atoms with Crippen molar-refractivity contribution in [1.29, 1.82) is 0 Å². The summed E-state index contributed by atoms with van der Waals surface area (Å²) in [5.74, 6) is 0. The van der Waals surface area contributed by atoms with Gasteiger partial charge in [-0.3, -0.25) is 0 Å². The van der Waals surface area contributed by atoms with Crippen LogP contribution in [0.15, 0.2) is 45.6 Å². The quantitative estimate of drug-likeness (QED) is 0.329. The Hall–Kier alpha value is -0.975. The van der Waals surface area contributed by atoms with Crippen LogP contribution in [0.3, 0.4) is 0 Å². The van der Waals surface area contributed by atoms with Crippen LogP contribution in [0.2, 0.25) is 6.32 Å². The van der Waals surface area contributed by atoms with Crippen LogP contribution in [0.4, 0.5) is 0 Å². The van der Waals surface area contributed by atoms with Crippen molar-refractivity contribution in [3.8, 4) is 0 Å². The maximum Gasteiger partial charge on any atom is 0.106 e. The lowest BCUT2D eigenvalue weighted by Gasteiger charge is -2.36. The summed E-state index contributed by atoms with van der Waals surface area (Å²) in [5, 5.41) is 0. The van der Waals surface area contributed by atoms with E-state index in [9.17, 15) is 0 Å². The maximum absolute atomic E-state index is 4.15. The highest BCUT2D eigenvalue weighted by molar-refractivity contribution is 6.10. The van der Waals surface area contributed by atoms with Gasteiger partial charge in [0, 0.05) is 0 Å². The second-order valence-corrected chi connectivity index (χ2v) is 10.8. The molecule has 0 aromatic rings. The Balaban J connectivity index is 1.54. The van der Waals surface area contributed by atoms with Crippen LogP contribution in [0.1, 0.15) is 116 Å². The lowest BCUT2D eigenvalue weighted by molar-refractivity contribution is 0.314. The molecule has 0 heterocycles. The molecule has 0 bridgehead atoms. The van der Waals surface area contributed by atoms with Crippen molar-refractivity contribution in [3.63, 3.8) is 0 Å². The summed E-state index contributed by atoms with van der Waals surface area (Å²) in [7, 11) is 2.45. The molecule has 4 rings (SSSR count). The third-order valence-corrected chi connectivity index (χ3v) is 8.68. The van der Waals surface area contributed by atoms with Crippen LogP contribution in [0, 0.1) is 5.41 Å². The lowest BCUT2D eigenvalue weighted by Crippen LogP contribution is -2.22. The predicted molar refractivity (Wildman–Crippen MR) is 130 cm³/mol. The summed E-state index contributed by atoms with van der Waals surface area (Å²) in [6, 6.07) is 0. The number of hydrogen-bond acceptors (Lipinski definition) is 0. The lowest BCUT2D eigenvalue weighted by atomic mass is 9.66. The fourth-order valence-corrected chi connectivity index (χ4v) is 6.92. The molecule has 0 spiro atoms. The Labute approximate surface area is 181 Å². The first-order chi connectivity index (χ1) is 14.1. The molecule has 0 radical (unpaired) electrons. The smallest absolute Gasteiger partial charge is 0.0992 e. The van der Waals surface area contributed by atoms with Gasteiger partial charge in [-0.1, -0.05) is 97.4 Å². The van der Waals surface area contributed by atoms with Gasteiger partial charge in [-0.05, 0) is 76.0 Å². The molecule has 0 saturated heterocycles. The SMILES string of the molecule is BC/C(=C1\CCC/C(=C2/CCC(=C3CC(=C)C3)C2)C1)C1(C)CCCCCCCC1. The first kappa shape index (κ1) is 21.3. The van der Waals surface area contributed by atoms with Gasteiger partial charge in [0.2, 0.25) is 0 Å². The molecule has 0 atom stereocenters. The van der Waals surface area contributed by atoms with Crippen molar-refractivity contribution >= 4 is 7.85 Å². The van der Waals surface area contributed by atoms with Crippen LogP contribution in [-0.2, 0) is 0 Å². The minimum absolute atomic E-state index is 0.483. The van der Waals surface area contributed by atoms with E-state index in [1.54, 1.807) is 11.1 Å². The van der Waals surface area contributed by atoms with Gasteiger partial charge < -0.3 is 0 Å². The maximum atomic E-state index is 4.15. The van der Waals surface area contributed by atoms with Crippen LogP contribution < -0.4 is 0 Å². The van der Waals surface area contributed by atoms with Crippen LogP contribution in [0.25, 0.3) is 0 Å². The zero-order valence-corrected chi connectivity index (χ0v) is 19.4. The van der Waals surface area contributed by atoms with Crippen molar-refractivity contribution < 1.29 is 0 Å². The minimum atomic E-state index is 0.483. The molecule has 0 aromatic carbocycles. The Bertz CT molecular complexity index is 709. The van der Waals surface area contributed by atoms with Crippen LogP contribution >= 0.6 is 0 Å². The molecule has 4 aliphatic rings. The van der Waals surface area contributed by atoms with E-state index in [0.29, 0.717) is 5.41 Å². The second kappa shape index (κ2) is 9.44. The topological polar surface area (TPSA) is 0 Å².